The van der Waals surface area contributed by atoms with Gasteiger partial charge < -0.3 is 15.1 Å². The number of carbonyl (C=O) groups excluding carboxylic acids is 2. The van der Waals surface area contributed by atoms with Gasteiger partial charge in [-0.1, -0.05) is 17.7 Å². The molecule has 0 radical (unpaired) electrons. The Labute approximate surface area is 139 Å². The van der Waals surface area contributed by atoms with Crippen LogP contribution in [0.25, 0.3) is 0 Å². The molecule has 0 saturated carbocycles. The molecule has 23 heavy (non-hydrogen) atoms. The van der Waals surface area contributed by atoms with Gasteiger partial charge >= 0.3 is 0 Å². The first-order valence-corrected chi connectivity index (χ1v) is 7.54. The summed E-state index contributed by atoms with van der Waals surface area (Å²) in [5, 5.41) is 12.4. The fraction of sp³-hybridized carbons (Fsp3) is 0.312. The summed E-state index contributed by atoms with van der Waals surface area (Å²) in [7, 11) is 0. The lowest BCUT2D eigenvalue weighted by Crippen LogP contribution is -2.43. The van der Waals surface area contributed by atoms with E-state index in [4.69, 9.17) is 11.6 Å². The first-order valence-electron chi connectivity index (χ1n) is 7.16. The maximum atomic E-state index is 12.3. The highest BCUT2D eigenvalue weighted by Gasteiger charge is 2.16. The predicted molar refractivity (Wildman–Crippen MR) is 87.7 cm³/mol. The zero-order valence-electron chi connectivity index (χ0n) is 12.8. The number of benzene rings is 1. The van der Waals surface area contributed by atoms with Crippen LogP contribution in [0.4, 0.5) is 5.69 Å². The molecule has 2 amide bonds. The van der Waals surface area contributed by atoms with Crippen molar-refractivity contribution in [2.75, 3.05) is 31.5 Å². The van der Waals surface area contributed by atoms with Crippen LogP contribution in [0.2, 0.25) is 5.02 Å². The van der Waals surface area contributed by atoms with Crippen molar-refractivity contribution in [3.05, 3.63) is 40.6 Å². The van der Waals surface area contributed by atoms with Crippen LogP contribution in [0.5, 0.6) is 0 Å². The molecule has 0 aliphatic carbocycles. The topological polar surface area (TPSA) is 76.4 Å². The Bertz CT molecular complexity index is 673. The Morgan fingerprint density at radius 2 is 1.96 bits per heavy atom. The summed E-state index contributed by atoms with van der Waals surface area (Å²) in [5.41, 5.74) is 1.46. The van der Waals surface area contributed by atoms with Crippen LogP contribution >= 0.6 is 11.6 Å². The molecule has 0 aromatic heterocycles. The van der Waals surface area contributed by atoms with Gasteiger partial charge in [-0.2, -0.15) is 5.26 Å². The third kappa shape index (κ3) is 4.47. The van der Waals surface area contributed by atoms with Gasteiger partial charge in [0.25, 0.3) is 5.91 Å². The number of hydrogen-bond acceptors (Lipinski definition) is 4. The summed E-state index contributed by atoms with van der Waals surface area (Å²) in [5.74, 6) is -0.476. The monoisotopic (exact) mass is 332 g/mol. The number of rotatable bonds is 4. The molecule has 1 aromatic carbocycles. The van der Waals surface area contributed by atoms with E-state index in [1.165, 1.54) is 6.20 Å². The molecule has 1 heterocycles. The summed E-state index contributed by atoms with van der Waals surface area (Å²) in [6.07, 6.45) is 2.35. The smallest absolute Gasteiger partial charge is 0.267 e. The maximum absolute atomic E-state index is 12.3. The van der Waals surface area contributed by atoms with Gasteiger partial charge in [-0.05, 0) is 24.6 Å². The molecule has 6 nitrogen and oxygen atoms in total. The third-order valence-corrected chi connectivity index (χ3v) is 3.86. The molecule has 7 heteroatoms. The predicted octanol–water partition coefficient (Wildman–Crippen LogP) is 1.77. The van der Waals surface area contributed by atoms with E-state index in [0.29, 0.717) is 36.9 Å². The molecule has 1 saturated heterocycles. The number of anilines is 1. The summed E-state index contributed by atoms with van der Waals surface area (Å²) in [6.45, 7) is 4.18. The number of nitrogens with zero attached hydrogens (tertiary/aromatic N) is 3. The van der Waals surface area contributed by atoms with E-state index in [-0.39, 0.29) is 5.57 Å². The summed E-state index contributed by atoms with van der Waals surface area (Å²) >= 11 is 5.92. The Morgan fingerprint density at radius 1 is 1.30 bits per heavy atom. The number of carbonyl (C=O) groups is 2. The fourth-order valence-electron chi connectivity index (χ4n) is 2.21. The number of nitriles is 1. The molecule has 0 spiro atoms. The number of piperazine rings is 1. The first-order chi connectivity index (χ1) is 11.0. The number of nitrogens with one attached hydrogen (secondary N) is 1. The average molecular weight is 333 g/mol. The number of amides is 2. The third-order valence-electron chi connectivity index (χ3n) is 3.62. The van der Waals surface area contributed by atoms with Crippen molar-refractivity contribution in [2.45, 2.75) is 6.92 Å². The van der Waals surface area contributed by atoms with Gasteiger partial charge in [0.15, 0.2) is 0 Å². The Hall–Kier alpha value is -2.52. The van der Waals surface area contributed by atoms with E-state index in [1.54, 1.807) is 23.1 Å². The minimum absolute atomic E-state index is 0.0175. The lowest BCUT2D eigenvalue weighted by atomic mass is 10.2. The highest BCUT2D eigenvalue weighted by atomic mass is 35.5. The van der Waals surface area contributed by atoms with Crippen LogP contribution in [0.15, 0.2) is 30.0 Å². The lowest BCUT2D eigenvalue weighted by Gasteiger charge is -2.31. The Morgan fingerprint density at radius 3 is 2.57 bits per heavy atom. The van der Waals surface area contributed by atoms with E-state index in [1.807, 2.05) is 17.9 Å². The Balaban J connectivity index is 2.07. The highest BCUT2D eigenvalue weighted by Crippen LogP contribution is 2.20. The Kier molecular flexibility index (Phi) is 5.61. The molecule has 1 N–H and O–H groups in total. The second-order valence-electron chi connectivity index (χ2n) is 5.25. The molecule has 0 atom stereocenters. The summed E-state index contributed by atoms with van der Waals surface area (Å²) < 4.78 is 0. The summed E-state index contributed by atoms with van der Waals surface area (Å²) in [6, 6.07) is 7.10. The van der Waals surface area contributed by atoms with Gasteiger partial charge in [0, 0.05) is 43.1 Å². The number of hydrogen-bond donors (Lipinski definition) is 1. The normalized spacial score (nSPS) is 15.1. The quantitative estimate of drug-likeness (QED) is 0.518. The second-order valence-corrected chi connectivity index (χ2v) is 5.68. The van der Waals surface area contributed by atoms with Gasteiger partial charge in [0.1, 0.15) is 11.6 Å². The standard InChI is InChI=1S/C16H17ClN4O2/c1-12-2-3-14(17)8-15(12)19-16(23)13(9-18)10-20-4-6-21(11-22)7-5-20/h2-3,8,10-11H,4-7H2,1H3,(H,19,23)/b13-10-. The molecular weight excluding hydrogens is 316 g/mol. The fourth-order valence-corrected chi connectivity index (χ4v) is 2.38. The molecule has 120 valence electrons. The van der Waals surface area contributed by atoms with Gasteiger partial charge in [0.2, 0.25) is 6.41 Å². The van der Waals surface area contributed by atoms with Crippen LogP contribution in [0.1, 0.15) is 5.56 Å². The zero-order chi connectivity index (χ0) is 16.8. The van der Waals surface area contributed by atoms with Crippen molar-refractivity contribution in [1.82, 2.24) is 9.80 Å². The van der Waals surface area contributed by atoms with Crippen LogP contribution < -0.4 is 5.32 Å². The van der Waals surface area contributed by atoms with Crippen molar-refractivity contribution in [3.8, 4) is 6.07 Å². The molecule has 2 rings (SSSR count). The second kappa shape index (κ2) is 7.65. The van der Waals surface area contributed by atoms with Gasteiger partial charge in [-0.25, -0.2) is 0 Å². The van der Waals surface area contributed by atoms with Crippen molar-refractivity contribution in [3.63, 3.8) is 0 Å². The van der Waals surface area contributed by atoms with E-state index < -0.39 is 5.91 Å². The number of halogens is 1. The maximum Gasteiger partial charge on any atom is 0.267 e. The van der Waals surface area contributed by atoms with E-state index in [0.717, 1.165) is 12.0 Å². The van der Waals surface area contributed by atoms with Crippen molar-refractivity contribution >= 4 is 29.6 Å². The van der Waals surface area contributed by atoms with Gasteiger partial charge in [0.05, 0.1) is 0 Å². The number of aryl methyl sites for hydroxylation is 1. The van der Waals surface area contributed by atoms with Crippen molar-refractivity contribution in [1.29, 1.82) is 5.26 Å². The molecule has 0 bridgehead atoms. The largest absolute Gasteiger partial charge is 0.373 e. The van der Waals surface area contributed by atoms with Gasteiger partial charge in [-0.3, -0.25) is 9.59 Å². The highest BCUT2D eigenvalue weighted by molar-refractivity contribution is 6.31. The van der Waals surface area contributed by atoms with Crippen LogP contribution in [0.3, 0.4) is 0 Å². The average Bonchev–Trinajstić information content (AvgIpc) is 2.56. The minimum Gasteiger partial charge on any atom is -0.373 e. The zero-order valence-corrected chi connectivity index (χ0v) is 13.5. The minimum atomic E-state index is -0.476. The van der Waals surface area contributed by atoms with Crippen LogP contribution in [-0.2, 0) is 9.59 Å². The van der Waals surface area contributed by atoms with Crippen molar-refractivity contribution in [2.24, 2.45) is 0 Å². The van der Waals surface area contributed by atoms with E-state index in [2.05, 4.69) is 5.32 Å². The molecular formula is C16H17ClN4O2. The van der Waals surface area contributed by atoms with E-state index in [9.17, 15) is 14.9 Å². The molecule has 1 aromatic rings. The SMILES string of the molecule is Cc1ccc(Cl)cc1NC(=O)/C(C#N)=C\N1CCN(C=O)CC1. The van der Waals surface area contributed by atoms with Crippen LogP contribution in [-0.4, -0.2) is 48.3 Å². The van der Waals surface area contributed by atoms with Gasteiger partial charge in [-0.15, -0.1) is 0 Å². The van der Waals surface area contributed by atoms with Crippen molar-refractivity contribution < 1.29 is 9.59 Å². The van der Waals surface area contributed by atoms with Crippen LogP contribution in [0, 0.1) is 18.3 Å². The lowest BCUT2D eigenvalue weighted by molar-refractivity contribution is -0.119. The van der Waals surface area contributed by atoms with E-state index >= 15 is 0 Å². The molecule has 1 aliphatic rings. The first kappa shape index (κ1) is 16.8. The summed E-state index contributed by atoms with van der Waals surface area (Å²) in [4.78, 5) is 26.5. The molecule has 1 fully saturated rings. The molecule has 0 unspecified atom stereocenters. The molecule has 1 aliphatic heterocycles.